The van der Waals surface area contributed by atoms with Gasteiger partial charge >= 0.3 is 5.97 Å². The first-order valence-electron chi connectivity index (χ1n) is 9.79. The molecule has 148 valence electrons. The molecule has 5 heteroatoms. The van der Waals surface area contributed by atoms with Gasteiger partial charge in [0.25, 0.3) is 0 Å². The van der Waals surface area contributed by atoms with Crippen LogP contribution in [0.15, 0.2) is 58.6 Å². The Bertz CT molecular complexity index is 876. The number of anilines is 1. The van der Waals surface area contributed by atoms with E-state index >= 15 is 0 Å². The van der Waals surface area contributed by atoms with Crippen molar-refractivity contribution in [1.29, 1.82) is 0 Å². The van der Waals surface area contributed by atoms with E-state index in [1.54, 1.807) is 0 Å². The number of aliphatic imine (C=N–C) groups is 1. The zero-order chi connectivity index (χ0) is 20.3. The van der Waals surface area contributed by atoms with Crippen molar-refractivity contribution in [3.8, 4) is 0 Å². The minimum absolute atomic E-state index is 0.295. The van der Waals surface area contributed by atoms with Crippen LogP contribution in [0.25, 0.3) is 0 Å². The zero-order valence-corrected chi connectivity index (χ0v) is 17.4. The van der Waals surface area contributed by atoms with E-state index in [1.807, 2.05) is 30.7 Å². The summed E-state index contributed by atoms with van der Waals surface area (Å²) < 4.78 is 4.92. The lowest BCUT2D eigenvalue weighted by Gasteiger charge is -2.31. The molecule has 2 heterocycles. The number of benzene rings is 1. The lowest BCUT2D eigenvalue weighted by atomic mass is 9.98. The average Bonchev–Trinajstić information content (AvgIpc) is 3.08. The van der Waals surface area contributed by atoms with Crippen LogP contribution >= 0.6 is 0 Å². The molecule has 0 radical (unpaired) electrons. The number of carbonyl (C=O) groups is 1. The van der Waals surface area contributed by atoms with E-state index in [4.69, 9.17) is 4.74 Å². The van der Waals surface area contributed by atoms with Crippen LogP contribution in [0.1, 0.15) is 56.0 Å². The summed E-state index contributed by atoms with van der Waals surface area (Å²) in [4.78, 5) is 20.9. The molecule has 0 N–H and O–H groups in total. The van der Waals surface area contributed by atoms with Gasteiger partial charge in [0.05, 0.1) is 31.1 Å². The molecule has 0 fully saturated rings. The number of methoxy groups -OCH3 is 1. The molecule has 0 saturated carbocycles. The summed E-state index contributed by atoms with van der Waals surface area (Å²) in [6.45, 7) is 10.2. The zero-order valence-electron chi connectivity index (χ0n) is 17.4. The van der Waals surface area contributed by atoms with Crippen LogP contribution in [0, 0.1) is 0 Å². The maximum Gasteiger partial charge on any atom is 0.337 e. The summed E-state index contributed by atoms with van der Waals surface area (Å²) >= 11 is 0. The van der Waals surface area contributed by atoms with Gasteiger partial charge < -0.3 is 14.5 Å². The van der Waals surface area contributed by atoms with Gasteiger partial charge in [-0.25, -0.2) is 4.79 Å². The van der Waals surface area contributed by atoms with Gasteiger partial charge in [-0.05, 0) is 44.9 Å². The lowest BCUT2D eigenvalue weighted by molar-refractivity contribution is 0.0601. The monoisotopic (exact) mass is 379 g/mol. The Morgan fingerprint density at radius 2 is 2.14 bits per heavy atom. The first-order valence-corrected chi connectivity index (χ1v) is 9.79. The molecule has 0 saturated heterocycles. The Hall–Kier alpha value is -2.82. The molecular formula is C23H29N3O2. The third-order valence-electron chi connectivity index (χ3n) is 5.43. The van der Waals surface area contributed by atoms with Crippen molar-refractivity contribution in [3.05, 3.63) is 64.8 Å². The largest absolute Gasteiger partial charge is 0.465 e. The molecule has 0 bridgehead atoms. The number of rotatable bonds is 5. The molecule has 1 aromatic rings. The summed E-state index contributed by atoms with van der Waals surface area (Å²) in [5.74, 6) is 0.178. The highest BCUT2D eigenvalue weighted by atomic mass is 16.5. The number of hydrogen-bond donors (Lipinski definition) is 0. The molecule has 0 aromatic heterocycles. The van der Waals surface area contributed by atoms with Gasteiger partial charge in [-0.2, -0.15) is 0 Å². The maximum atomic E-state index is 12.0. The van der Waals surface area contributed by atoms with Crippen molar-refractivity contribution in [1.82, 2.24) is 4.90 Å². The number of esters is 1. The van der Waals surface area contributed by atoms with Gasteiger partial charge in [0.1, 0.15) is 0 Å². The number of carbonyl (C=O) groups excluding carboxylic acids is 1. The quantitative estimate of drug-likeness (QED) is 0.687. The van der Waals surface area contributed by atoms with Crippen LogP contribution in [0.4, 0.5) is 5.69 Å². The van der Waals surface area contributed by atoms with E-state index in [0.717, 1.165) is 30.9 Å². The third-order valence-corrected chi connectivity index (χ3v) is 5.43. The highest BCUT2D eigenvalue weighted by Gasteiger charge is 2.30. The lowest BCUT2D eigenvalue weighted by Crippen LogP contribution is -2.31. The van der Waals surface area contributed by atoms with E-state index in [9.17, 15) is 4.79 Å². The van der Waals surface area contributed by atoms with E-state index in [-0.39, 0.29) is 5.97 Å². The molecule has 1 unspecified atom stereocenters. The number of ether oxygens (including phenoxy) is 1. The Morgan fingerprint density at radius 1 is 1.36 bits per heavy atom. The van der Waals surface area contributed by atoms with Crippen molar-refractivity contribution in [2.24, 2.45) is 4.99 Å². The Labute approximate surface area is 167 Å². The normalized spacial score (nSPS) is 18.5. The van der Waals surface area contributed by atoms with Crippen molar-refractivity contribution < 1.29 is 9.53 Å². The first-order chi connectivity index (χ1) is 13.5. The molecular weight excluding hydrogens is 350 g/mol. The Morgan fingerprint density at radius 3 is 2.79 bits per heavy atom. The van der Waals surface area contributed by atoms with Gasteiger partial charge in [-0.1, -0.05) is 24.6 Å². The van der Waals surface area contributed by atoms with Crippen LogP contribution in [0.5, 0.6) is 0 Å². The number of allylic oxidation sites excluding steroid dienone is 3. The molecule has 28 heavy (non-hydrogen) atoms. The van der Waals surface area contributed by atoms with E-state index < -0.39 is 0 Å². The predicted molar refractivity (Wildman–Crippen MR) is 115 cm³/mol. The molecule has 1 aromatic carbocycles. The predicted octanol–water partition coefficient (Wildman–Crippen LogP) is 4.84. The van der Waals surface area contributed by atoms with Gasteiger partial charge in [-0.15, -0.1) is 0 Å². The van der Waals surface area contributed by atoms with Gasteiger partial charge in [-0.3, -0.25) is 4.99 Å². The van der Waals surface area contributed by atoms with Crippen LogP contribution in [0.2, 0.25) is 0 Å². The van der Waals surface area contributed by atoms with Crippen LogP contribution in [-0.4, -0.2) is 37.3 Å². The van der Waals surface area contributed by atoms with Crippen molar-refractivity contribution >= 4 is 17.9 Å². The maximum absolute atomic E-state index is 12.0. The summed E-state index contributed by atoms with van der Waals surface area (Å²) in [5, 5.41) is 0. The van der Waals surface area contributed by atoms with Crippen molar-refractivity contribution in [2.45, 2.75) is 40.0 Å². The van der Waals surface area contributed by atoms with E-state index in [2.05, 4.69) is 54.6 Å². The third kappa shape index (κ3) is 3.75. The summed E-state index contributed by atoms with van der Waals surface area (Å²) in [6, 6.07) is 5.93. The number of nitrogens with zero attached hydrogens (tertiary/aromatic N) is 3. The fraction of sp³-hybridized carbons (Fsp3) is 0.391. The second-order valence-electron chi connectivity index (χ2n) is 7.36. The summed E-state index contributed by atoms with van der Waals surface area (Å²) in [6.07, 6.45) is 8.95. The summed E-state index contributed by atoms with van der Waals surface area (Å²) in [5.41, 5.74) is 6.54. The topological polar surface area (TPSA) is 45.1 Å². The molecule has 3 rings (SSSR count). The highest BCUT2D eigenvalue weighted by Crippen LogP contribution is 2.39. The first kappa shape index (κ1) is 19.9. The Balaban J connectivity index is 1.92. The SMILES string of the molecule is C/C=C(/CN1CC(CC)c2ccc(C(=O)OC)cc21)N1C=CN=CC1=C(C)C. The van der Waals surface area contributed by atoms with Gasteiger partial charge in [0.2, 0.25) is 0 Å². The van der Waals surface area contributed by atoms with Gasteiger partial charge in [0.15, 0.2) is 0 Å². The second kappa shape index (κ2) is 8.46. The minimum Gasteiger partial charge on any atom is -0.465 e. The molecule has 0 aliphatic carbocycles. The number of hydrogen-bond acceptors (Lipinski definition) is 5. The molecule has 2 aliphatic rings. The molecule has 0 amide bonds. The van der Waals surface area contributed by atoms with Crippen molar-refractivity contribution in [2.75, 3.05) is 25.1 Å². The van der Waals surface area contributed by atoms with Gasteiger partial charge in [0, 0.05) is 36.2 Å². The molecule has 5 nitrogen and oxygen atoms in total. The summed E-state index contributed by atoms with van der Waals surface area (Å²) in [7, 11) is 1.42. The van der Waals surface area contributed by atoms with E-state index in [0.29, 0.717) is 11.5 Å². The average molecular weight is 380 g/mol. The minimum atomic E-state index is -0.295. The number of fused-ring (bicyclic) bond motifs is 1. The molecule has 2 aliphatic heterocycles. The Kier molecular flexibility index (Phi) is 6.02. The van der Waals surface area contributed by atoms with Crippen LogP contribution < -0.4 is 4.90 Å². The molecule has 1 atom stereocenters. The smallest absolute Gasteiger partial charge is 0.337 e. The highest BCUT2D eigenvalue weighted by molar-refractivity contribution is 5.91. The molecule has 0 spiro atoms. The van der Waals surface area contributed by atoms with E-state index in [1.165, 1.54) is 23.9 Å². The fourth-order valence-electron chi connectivity index (χ4n) is 3.85. The second-order valence-corrected chi connectivity index (χ2v) is 7.36. The standard InChI is InChI=1S/C23H29N3O2/c1-6-17-14-25(21-12-18(23(27)28-5)8-9-20(17)21)15-19(7-2)26-11-10-24-13-22(26)16(3)4/h7-13,17H,6,14-15H2,1-5H3/b19-7-. The van der Waals surface area contributed by atoms with Crippen LogP contribution in [0.3, 0.4) is 0 Å². The van der Waals surface area contributed by atoms with Crippen molar-refractivity contribution in [3.63, 3.8) is 0 Å². The van der Waals surface area contributed by atoms with Crippen LogP contribution in [-0.2, 0) is 4.74 Å². The fourth-order valence-corrected chi connectivity index (χ4v) is 3.85.